The van der Waals surface area contributed by atoms with Crippen LogP contribution in [0.4, 0.5) is 0 Å². The van der Waals surface area contributed by atoms with Crippen LogP contribution in [0.2, 0.25) is 5.02 Å². The zero-order valence-corrected chi connectivity index (χ0v) is 10.3. The molecule has 2 rings (SSSR count). The number of benzene rings is 1. The molecule has 0 fully saturated rings. The molecule has 1 N–H and O–H groups in total. The summed E-state index contributed by atoms with van der Waals surface area (Å²) in [7, 11) is 1.51. The summed E-state index contributed by atoms with van der Waals surface area (Å²) in [6, 6.07) is 8.45. The fourth-order valence-corrected chi connectivity index (χ4v) is 1.83. The highest BCUT2D eigenvalue weighted by atomic mass is 35.5. The van der Waals surface area contributed by atoms with Crippen molar-refractivity contribution in [2.24, 2.45) is 0 Å². The Morgan fingerprint density at radius 1 is 1.39 bits per heavy atom. The molecule has 1 heterocycles. The van der Waals surface area contributed by atoms with E-state index in [-0.39, 0.29) is 5.69 Å². The topological polar surface area (TPSA) is 59.4 Å². The van der Waals surface area contributed by atoms with E-state index in [1.54, 1.807) is 30.3 Å². The first-order valence-electron chi connectivity index (χ1n) is 5.15. The van der Waals surface area contributed by atoms with Crippen LogP contribution in [0.1, 0.15) is 10.5 Å². The zero-order chi connectivity index (χ0) is 13.1. The minimum atomic E-state index is -1.07. The number of nitrogens with zero attached hydrogens (tertiary/aromatic N) is 1. The summed E-state index contributed by atoms with van der Waals surface area (Å²) in [5.74, 6) is -0.575. The summed E-state index contributed by atoms with van der Waals surface area (Å²) >= 11 is 5.93. The van der Waals surface area contributed by atoms with Crippen LogP contribution in [-0.2, 0) is 0 Å². The van der Waals surface area contributed by atoms with Crippen LogP contribution in [0.5, 0.6) is 5.75 Å². The van der Waals surface area contributed by atoms with Crippen molar-refractivity contribution in [3.05, 3.63) is 47.2 Å². The molecule has 4 nitrogen and oxygen atoms in total. The Balaban J connectivity index is 2.58. The van der Waals surface area contributed by atoms with Gasteiger partial charge in [-0.3, -0.25) is 0 Å². The first-order valence-corrected chi connectivity index (χ1v) is 5.53. The van der Waals surface area contributed by atoms with Gasteiger partial charge in [0.1, 0.15) is 5.75 Å². The Hall–Kier alpha value is -2.07. The van der Waals surface area contributed by atoms with E-state index in [0.717, 1.165) is 0 Å². The quantitative estimate of drug-likeness (QED) is 0.924. The van der Waals surface area contributed by atoms with Gasteiger partial charge in [-0.15, -0.1) is 0 Å². The van der Waals surface area contributed by atoms with Crippen LogP contribution in [0.3, 0.4) is 0 Å². The molecule has 0 aliphatic rings. The molecule has 1 aromatic carbocycles. The van der Waals surface area contributed by atoms with Gasteiger partial charge in [-0.05, 0) is 23.8 Å². The highest BCUT2D eigenvalue weighted by Crippen LogP contribution is 2.31. The first-order chi connectivity index (χ1) is 8.63. The summed E-state index contributed by atoms with van der Waals surface area (Å²) in [4.78, 5) is 15.0. The van der Waals surface area contributed by atoms with Gasteiger partial charge >= 0.3 is 5.97 Å². The van der Waals surface area contributed by atoms with E-state index in [9.17, 15) is 4.79 Å². The third-order valence-electron chi connectivity index (χ3n) is 2.47. The first kappa shape index (κ1) is 12.4. The number of halogens is 1. The SMILES string of the molecule is COc1cc(-c2cccnc2C(=O)O)ccc1Cl. The molecule has 92 valence electrons. The molecule has 0 bridgehead atoms. The number of hydrogen-bond acceptors (Lipinski definition) is 3. The van der Waals surface area contributed by atoms with Crippen molar-refractivity contribution in [1.29, 1.82) is 0 Å². The number of carboxylic acids is 1. The molecule has 0 atom stereocenters. The second-order valence-electron chi connectivity index (χ2n) is 3.55. The molecular formula is C13H10ClNO3. The number of ether oxygens (including phenoxy) is 1. The van der Waals surface area contributed by atoms with E-state index in [1.807, 2.05) is 0 Å². The number of rotatable bonds is 3. The zero-order valence-electron chi connectivity index (χ0n) is 9.55. The van der Waals surface area contributed by atoms with Crippen molar-refractivity contribution in [1.82, 2.24) is 4.98 Å². The molecule has 0 radical (unpaired) electrons. The van der Waals surface area contributed by atoms with Crippen molar-refractivity contribution in [2.45, 2.75) is 0 Å². The van der Waals surface area contributed by atoms with E-state index >= 15 is 0 Å². The smallest absolute Gasteiger partial charge is 0.355 e. The van der Waals surface area contributed by atoms with E-state index in [1.165, 1.54) is 13.3 Å². The second-order valence-corrected chi connectivity index (χ2v) is 3.96. The molecule has 0 saturated heterocycles. The van der Waals surface area contributed by atoms with Gasteiger partial charge in [-0.2, -0.15) is 0 Å². The molecular weight excluding hydrogens is 254 g/mol. The highest BCUT2D eigenvalue weighted by Gasteiger charge is 2.13. The molecule has 18 heavy (non-hydrogen) atoms. The lowest BCUT2D eigenvalue weighted by Crippen LogP contribution is -2.02. The standard InChI is InChI=1S/C13H10ClNO3/c1-18-11-7-8(4-5-10(11)14)9-3-2-6-15-12(9)13(16)17/h2-7H,1H3,(H,16,17). The molecule has 0 aliphatic heterocycles. The molecule has 0 aliphatic carbocycles. The van der Waals surface area contributed by atoms with Crippen molar-refractivity contribution in [3.63, 3.8) is 0 Å². The lowest BCUT2D eigenvalue weighted by molar-refractivity contribution is 0.0691. The van der Waals surface area contributed by atoms with Crippen LogP contribution in [0, 0.1) is 0 Å². The maximum Gasteiger partial charge on any atom is 0.355 e. The third kappa shape index (κ3) is 2.28. The fraction of sp³-hybridized carbons (Fsp3) is 0.0769. The predicted octanol–water partition coefficient (Wildman–Crippen LogP) is 3.11. The van der Waals surface area contributed by atoms with E-state index in [0.29, 0.717) is 21.9 Å². The predicted molar refractivity (Wildman–Crippen MR) is 68.2 cm³/mol. The maximum absolute atomic E-state index is 11.1. The van der Waals surface area contributed by atoms with E-state index < -0.39 is 5.97 Å². The van der Waals surface area contributed by atoms with Crippen molar-refractivity contribution < 1.29 is 14.6 Å². The minimum absolute atomic E-state index is 0.00174. The largest absolute Gasteiger partial charge is 0.495 e. The van der Waals surface area contributed by atoms with Crippen LogP contribution in [0.15, 0.2) is 36.5 Å². The van der Waals surface area contributed by atoms with Gasteiger partial charge < -0.3 is 9.84 Å². The number of methoxy groups -OCH3 is 1. The van der Waals surface area contributed by atoms with Crippen LogP contribution in [0.25, 0.3) is 11.1 Å². The maximum atomic E-state index is 11.1. The molecule has 1 aromatic heterocycles. The van der Waals surface area contributed by atoms with Gasteiger partial charge in [-0.25, -0.2) is 9.78 Å². The average Bonchev–Trinajstić information content (AvgIpc) is 2.39. The summed E-state index contributed by atoms with van der Waals surface area (Å²) in [5.41, 5.74) is 1.23. The number of pyridine rings is 1. The summed E-state index contributed by atoms with van der Waals surface area (Å²) in [6.45, 7) is 0. The van der Waals surface area contributed by atoms with Gasteiger partial charge in [0.05, 0.1) is 12.1 Å². The van der Waals surface area contributed by atoms with Crippen molar-refractivity contribution in [2.75, 3.05) is 7.11 Å². The van der Waals surface area contributed by atoms with Crippen molar-refractivity contribution in [3.8, 4) is 16.9 Å². The fourth-order valence-electron chi connectivity index (χ4n) is 1.64. The summed E-state index contributed by atoms with van der Waals surface area (Å²) in [5, 5.41) is 9.56. The average molecular weight is 264 g/mol. The number of aromatic carboxylic acids is 1. The van der Waals surface area contributed by atoms with Gasteiger partial charge in [0.2, 0.25) is 0 Å². The Bertz CT molecular complexity index is 599. The number of hydrogen-bond donors (Lipinski definition) is 1. The third-order valence-corrected chi connectivity index (χ3v) is 2.78. The molecule has 0 unspecified atom stereocenters. The van der Waals surface area contributed by atoms with E-state index in [2.05, 4.69) is 4.98 Å². The van der Waals surface area contributed by atoms with Gasteiger partial charge in [0.15, 0.2) is 5.69 Å². The van der Waals surface area contributed by atoms with Gasteiger partial charge in [0, 0.05) is 11.8 Å². The highest BCUT2D eigenvalue weighted by molar-refractivity contribution is 6.32. The Kier molecular flexibility index (Phi) is 3.48. The minimum Gasteiger partial charge on any atom is -0.495 e. The van der Waals surface area contributed by atoms with Crippen LogP contribution >= 0.6 is 11.6 Å². The molecule has 0 amide bonds. The summed E-state index contributed by atoms with van der Waals surface area (Å²) < 4.78 is 5.11. The van der Waals surface area contributed by atoms with Gasteiger partial charge in [0.25, 0.3) is 0 Å². The second kappa shape index (κ2) is 5.06. The Morgan fingerprint density at radius 3 is 2.83 bits per heavy atom. The lowest BCUT2D eigenvalue weighted by atomic mass is 10.0. The molecule has 0 spiro atoms. The normalized spacial score (nSPS) is 10.1. The number of aromatic nitrogens is 1. The number of carboxylic acid groups (broad SMARTS) is 1. The number of carbonyl (C=O) groups is 1. The Morgan fingerprint density at radius 2 is 2.17 bits per heavy atom. The van der Waals surface area contributed by atoms with Crippen molar-refractivity contribution >= 4 is 17.6 Å². The molecule has 2 aromatic rings. The molecule has 0 saturated carbocycles. The Labute approximate surface area is 109 Å². The van der Waals surface area contributed by atoms with Gasteiger partial charge in [-0.1, -0.05) is 23.7 Å². The molecule has 5 heteroatoms. The van der Waals surface area contributed by atoms with Crippen LogP contribution < -0.4 is 4.74 Å². The van der Waals surface area contributed by atoms with E-state index in [4.69, 9.17) is 21.4 Å². The lowest BCUT2D eigenvalue weighted by Gasteiger charge is -2.08. The summed E-state index contributed by atoms with van der Waals surface area (Å²) in [6.07, 6.45) is 1.44. The van der Waals surface area contributed by atoms with Crippen LogP contribution in [-0.4, -0.2) is 23.2 Å². The monoisotopic (exact) mass is 263 g/mol.